The molecule has 0 saturated carbocycles. The zero-order valence-electron chi connectivity index (χ0n) is 24.7. The molecule has 1 amide bonds. The highest BCUT2D eigenvalue weighted by Gasteiger charge is 2.38. The van der Waals surface area contributed by atoms with Crippen LogP contribution >= 0.6 is 0 Å². The number of carbonyl (C=O) groups excluding carboxylic acids is 2. The first-order valence-electron chi connectivity index (χ1n) is 13.6. The monoisotopic (exact) mass is 633 g/mol. The first-order valence-corrected chi connectivity index (χ1v) is 13.6. The first kappa shape index (κ1) is 34.7. The molecule has 2 aromatic rings. The van der Waals surface area contributed by atoms with Gasteiger partial charge in [-0.25, -0.2) is 19.0 Å². The Balaban J connectivity index is 1.73. The lowest BCUT2D eigenvalue weighted by atomic mass is 10.1. The number of alkyl halides is 3. The summed E-state index contributed by atoms with van der Waals surface area (Å²) in [6.45, 7) is 6.39. The number of hydrogen-bond donors (Lipinski definition) is 2. The summed E-state index contributed by atoms with van der Waals surface area (Å²) in [4.78, 5) is 50.6. The van der Waals surface area contributed by atoms with Gasteiger partial charge in [-0.1, -0.05) is 26.0 Å². The minimum atomic E-state index is -4.50. The van der Waals surface area contributed by atoms with E-state index in [1.165, 1.54) is 12.1 Å². The van der Waals surface area contributed by atoms with E-state index in [0.717, 1.165) is 16.7 Å². The number of aromatic nitrogens is 2. The van der Waals surface area contributed by atoms with Crippen molar-refractivity contribution in [2.45, 2.75) is 90.6 Å². The van der Waals surface area contributed by atoms with Gasteiger partial charge in [0, 0.05) is 6.42 Å². The fraction of sp³-hybridized carbons (Fsp3) is 0.571. The second-order valence-corrected chi connectivity index (χ2v) is 11.5. The third kappa shape index (κ3) is 8.89. The van der Waals surface area contributed by atoms with Crippen molar-refractivity contribution in [3.05, 3.63) is 68.2 Å². The van der Waals surface area contributed by atoms with E-state index in [1.54, 1.807) is 34.6 Å². The minimum Gasteiger partial charge on any atom is -0.444 e. The number of halogens is 4. The van der Waals surface area contributed by atoms with Crippen LogP contribution in [0.3, 0.4) is 0 Å². The van der Waals surface area contributed by atoms with Gasteiger partial charge in [-0.05, 0) is 44.4 Å². The van der Waals surface area contributed by atoms with Crippen molar-refractivity contribution in [1.82, 2.24) is 14.5 Å². The zero-order chi connectivity index (χ0) is 33.0. The fourth-order valence-corrected chi connectivity index (χ4v) is 4.26. The maximum Gasteiger partial charge on any atom is 0.416 e. The topological polar surface area (TPSA) is 147 Å². The smallest absolute Gasteiger partial charge is 0.416 e. The number of amides is 1. The van der Waals surface area contributed by atoms with Gasteiger partial charge in [0.25, 0.3) is 5.56 Å². The number of aliphatic hydroxyl groups is 1. The summed E-state index contributed by atoms with van der Waals surface area (Å²) in [7, 11) is 0. The quantitative estimate of drug-likeness (QED) is 0.298. The molecule has 3 rings (SSSR count). The Morgan fingerprint density at radius 3 is 2.32 bits per heavy atom. The molecule has 2 N–H and O–H groups in total. The maximum atomic E-state index is 14.7. The molecule has 44 heavy (non-hydrogen) atoms. The van der Waals surface area contributed by atoms with Crippen LogP contribution in [-0.4, -0.2) is 56.8 Å². The second-order valence-electron chi connectivity index (χ2n) is 11.5. The average molecular weight is 634 g/mol. The molecule has 1 saturated heterocycles. The lowest BCUT2D eigenvalue weighted by Crippen LogP contribution is -2.48. The normalized spacial score (nSPS) is 19.6. The van der Waals surface area contributed by atoms with Gasteiger partial charge in [-0.15, -0.1) is 0 Å². The van der Waals surface area contributed by atoms with Crippen LogP contribution < -0.4 is 16.6 Å². The molecule has 2 heterocycles. The Labute approximate surface area is 249 Å². The van der Waals surface area contributed by atoms with Gasteiger partial charge in [0.15, 0.2) is 6.73 Å². The lowest BCUT2D eigenvalue weighted by Gasteiger charge is -2.24. The van der Waals surface area contributed by atoms with E-state index in [-0.39, 0.29) is 13.0 Å². The number of nitrogens with zero attached hydrogens (tertiary/aromatic N) is 2. The largest absolute Gasteiger partial charge is 0.444 e. The summed E-state index contributed by atoms with van der Waals surface area (Å²) in [5.74, 6) is -2.87. The fourth-order valence-electron chi connectivity index (χ4n) is 4.26. The predicted octanol–water partition coefficient (Wildman–Crippen LogP) is 3.08. The van der Waals surface area contributed by atoms with Crippen molar-refractivity contribution in [2.75, 3.05) is 6.61 Å². The molecule has 1 aromatic heterocycles. The van der Waals surface area contributed by atoms with E-state index in [1.807, 2.05) is 0 Å². The summed E-state index contributed by atoms with van der Waals surface area (Å²) in [5.41, 5.74) is -3.76. The lowest BCUT2D eigenvalue weighted by molar-refractivity contribution is -0.151. The number of ether oxygens (including phenoxy) is 4. The molecule has 0 unspecified atom stereocenters. The summed E-state index contributed by atoms with van der Waals surface area (Å²) < 4.78 is 75.8. The number of nitrogens with one attached hydrogen (secondary N) is 1. The Hall–Kier alpha value is -3.76. The third-order valence-corrected chi connectivity index (χ3v) is 6.50. The van der Waals surface area contributed by atoms with Crippen LogP contribution in [0, 0.1) is 11.7 Å². The van der Waals surface area contributed by atoms with Crippen LogP contribution in [0.15, 0.2) is 40.1 Å². The van der Waals surface area contributed by atoms with Crippen LogP contribution in [0.25, 0.3) is 0 Å². The van der Waals surface area contributed by atoms with Gasteiger partial charge in [-0.3, -0.25) is 9.36 Å². The predicted molar refractivity (Wildman–Crippen MR) is 145 cm³/mol. The van der Waals surface area contributed by atoms with Crippen LogP contribution in [0.4, 0.5) is 22.4 Å². The van der Waals surface area contributed by atoms with Crippen LogP contribution in [0.2, 0.25) is 0 Å². The summed E-state index contributed by atoms with van der Waals surface area (Å²) >= 11 is 0. The summed E-state index contributed by atoms with van der Waals surface area (Å²) in [6.07, 6.45) is -7.95. The number of aliphatic hydroxyl groups excluding tert-OH is 1. The van der Waals surface area contributed by atoms with Crippen molar-refractivity contribution in [3.63, 3.8) is 0 Å². The highest BCUT2D eigenvalue weighted by atomic mass is 19.4. The average Bonchev–Trinajstić information content (AvgIpc) is 3.34. The van der Waals surface area contributed by atoms with Crippen LogP contribution in [0.5, 0.6) is 0 Å². The number of carbonyl (C=O) groups is 2. The standard InChI is InChI=1S/C28H35F4N3O9/c1-15(2)22(33-25(39)44-27(3,4)5)24(38)42-14-35-23(37)18(29)11-34(26(35)40)21-10-19(20(12-36)43-21)41-13-16-6-8-17(9-7-16)28(30,31)32/h6-9,11,15,19-22,36H,10,12-14H2,1-5H3,(H,33,39)/t19-,20+,21+,22+/m0/s1. The van der Waals surface area contributed by atoms with Crippen LogP contribution in [-0.2, 0) is 43.3 Å². The third-order valence-electron chi connectivity index (χ3n) is 6.50. The Kier molecular flexibility index (Phi) is 11.0. The van der Waals surface area contributed by atoms with Crippen molar-refractivity contribution in [1.29, 1.82) is 0 Å². The molecule has 12 nitrogen and oxygen atoms in total. The maximum absolute atomic E-state index is 14.7. The Morgan fingerprint density at radius 1 is 1.14 bits per heavy atom. The number of esters is 1. The molecule has 4 atom stereocenters. The Morgan fingerprint density at radius 2 is 1.77 bits per heavy atom. The second kappa shape index (κ2) is 13.9. The van der Waals surface area contributed by atoms with E-state index in [9.17, 15) is 41.8 Å². The van der Waals surface area contributed by atoms with E-state index in [0.29, 0.717) is 16.3 Å². The number of benzene rings is 1. The van der Waals surface area contributed by atoms with E-state index in [4.69, 9.17) is 18.9 Å². The molecule has 244 valence electrons. The Bertz CT molecular complexity index is 1430. The molecule has 0 spiro atoms. The molecule has 1 aliphatic rings. The molecule has 1 aliphatic heterocycles. The molecule has 0 aliphatic carbocycles. The summed E-state index contributed by atoms with van der Waals surface area (Å²) in [5, 5.41) is 12.1. The molecular formula is C28H35F4N3O9. The zero-order valence-corrected chi connectivity index (χ0v) is 24.7. The van der Waals surface area contributed by atoms with Gasteiger partial charge < -0.3 is 29.4 Å². The highest BCUT2D eigenvalue weighted by molar-refractivity contribution is 5.81. The van der Waals surface area contributed by atoms with Gasteiger partial charge in [0.05, 0.1) is 31.1 Å². The SMILES string of the molecule is CC(C)[C@@H](NC(=O)OC(C)(C)C)C(=O)OCn1c(=O)c(F)cn([C@H]2C[C@H](OCc3ccc(C(F)(F)F)cc3)[C@@H](CO)O2)c1=O. The van der Waals surface area contributed by atoms with Gasteiger partial charge in [0.2, 0.25) is 5.82 Å². The van der Waals surface area contributed by atoms with Crippen LogP contribution in [0.1, 0.15) is 58.4 Å². The van der Waals surface area contributed by atoms with Gasteiger partial charge in [0.1, 0.15) is 24.0 Å². The number of alkyl carbamates (subject to hydrolysis) is 1. The molecule has 1 fully saturated rings. The molecule has 1 aromatic carbocycles. The highest BCUT2D eigenvalue weighted by Crippen LogP contribution is 2.32. The number of hydrogen-bond acceptors (Lipinski definition) is 9. The molecule has 0 bridgehead atoms. The van der Waals surface area contributed by atoms with E-state index in [2.05, 4.69) is 5.32 Å². The molecule has 16 heteroatoms. The van der Waals surface area contributed by atoms with Gasteiger partial charge in [-0.2, -0.15) is 17.6 Å². The summed E-state index contributed by atoms with van der Waals surface area (Å²) in [6, 6.07) is 3.03. The number of rotatable bonds is 10. The van der Waals surface area contributed by atoms with Crippen molar-refractivity contribution in [3.8, 4) is 0 Å². The minimum absolute atomic E-state index is 0.0988. The first-order chi connectivity index (χ1) is 20.4. The van der Waals surface area contributed by atoms with E-state index >= 15 is 0 Å². The van der Waals surface area contributed by atoms with Crippen molar-refractivity contribution in [2.24, 2.45) is 5.92 Å². The molecular weight excluding hydrogens is 598 g/mol. The van der Waals surface area contributed by atoms with E-state index < -0.39 is 90.2 Å². The van der Waals surface area contributed by atoms with Crippen molar-refractivity contribution < 1.29 is 51.2 Å². The van der Waals surface area contributed by atoms with Crippen molar-refractivity contribution >= 4 is 12.1 Å². The van der Waals surface area contributed by atoms with Gasteiger partial charge >= 0.3 is 23.9 Å². The molecule has 0 radical (unpaired) electrons.